The van der Waals surface area contributed by atoms with E-state index in [0.717, 1.165) is 12.0 Å². The number of esters is 1. The molecule has 0 fully saturated rings. The molecule has 0 amide bonds. The average Bonchev–Trinajstić information content (AvgIpc) is 2.78. The van der Waals surface area contributed by atoms with E-state index in [4.69, 9.17) is 23.4 Å². The van der Waals surface area contributed by atoms with Crippen LogP contribution in [0.25, 0.3) is 22.1 Å². The minimum Gasteiger partial charge on any atom is -0.486 e. The molecule has 1 aliphatic heterocycles. The van der Waals surface area contributed by atoms with Crippen LogP contribution in [0.2, 0.25) is 0 Å². The lowest BCUT2D eigenvalue weighted by atomic mass is 10.0. The molecule has 0 radical (unpaired) electrons. The molecule has 0 bridgehead atoms. The normalized spacial score (nSPS) is 12.8. The van der Waals surface area contributed by atoms with Gasteiger partial charge >= 0.3 is 5.97 Å². The van der Waals surface area contributed by atoms with Crippen LogP contribution in [0.3, 0.4) is 0 Å². The van der Waals surface area contributed by atoms with Crippen molar-refractivity contribution in [3.05, 3.63) is 52.4 Å². The van der Waals surface area contributed by atoms with Crippen molar-refractivity contribution in [2.45, 2.75) is 39.7 Å². The Balaban J connectivity index is 1.70. The number of rotatable bonds is 7. The zero-order valence-corrected chi connectivity index (χ0v) is 18.4. The summed E-state index contributed by atoms with van der Waals surface area (Å²) in [7, 11) is 0. The average molecular weight is 438 g/mol. The van der Waals surface area contributed by atoms with Gasteiger partial charge in [0.25, 0.3) is 0 Å². The Morgan fingerprint density at radius 1 is 1.09 bits per heavy atom. The van der Waals surface area contributed by atoms with Gasteiger partial charge in [0.15, 0.2) is 18.1 Å². The Hall–Kier alpha value is -3.48. The quantitative estimate of drug-likeness (QED) is 0.502. The highest BCUT2D eigenvalue weighted by Crippen LogP contribution is 2.34. The van der Waals surface area contributed by atoms with Gasteiger partial charge in [-0.2, -0.15) is 0 Å². The third-order valence-electron chi connectivity index (χ3n) is 5.04. The van der Waals surface area contributed by atoms with Gasteiger partial charge in [0.1, 0.15) is 30.8 Å². The first-order valence-corrected chi connectivity index (χ1v) is 10.8. The van der Waals surface area contributed by atoms with Gasteiger partial charge in [-0.3, -0.25) is 4.79 Å². The molecule has 32 heavy (non-hydrogen) atoms. The highest BCUT2D eigenvalue weighted by molar-refractivity contribution is 5.84. The molecule has 0 aliphatic carbocycles. The number of ether oxygens (including phenoxy) is 4. The van der Waals surface area contributed by atoms with Crippen LogP contribution >= 0.6 is 0 Å². The van der Waals surface area contributed by atoms with Gasteiger partial charge in [0, 0.05) is 6.07 Å². The Bertz CT molecular complexity index is 1190. The maximum Gasteiger partial charge on any atom is 0.344 e. The van der Waals surface area contributed by atoms with E-state index in [0.29, 0.717) is 59.0 Å². The summed E-state index contributed by atoms with van der Waals surface area (Å²) in [5.41, 5.74) is 2.21. The van der Waals surface area contributed by atoms with Crippen molar-refractivity contribution in [3.8, 4) is 28.4 Å². The molecule has 7 nitrogen and oxygen atoms in total. The lowest BCUT2D eigenvalue weighted by molar-refractivity contribution is -0.149. The second-order valence-corrected chi connectivity index (χ2v) is 7.87. The minimum atomic E-state index is -0.446. The second kappa shape index (κ2) is 9.34. The molecule has 2 heterocycles. The molecule has 3 aromatic rings. The number of hydrogen-bond acceptors (Lipinski definition) is 7. The highest BCUT2D eigenvalue weighted by Gasteiger charge is 2.17. The zero-order chi connectivity index (χ0) is 22.7. The maximum atomic E-state index is 13.3. The zero-order valence-electron chi connectivity index (χ0n) is 18.4. The fourth-order valence-electron chi connectivity index (χ4n) is 3.64. The van der Waals surface area contributed by atoms with E-state index in [1.54, 1.807) is 38.1 Å². The van der Waals surface area contributed by atoms with Crippen molar-refractivity contribution in [1.29, 1.82) is 0 Å². The molecule has 168 valence electrons. The number of benzene rings is 2. The van der Waals surface area contributed by atoms with Crippen LogP contribution < -0.4 is 19.6 Å². The van der Waals surface area contributed by atoms with E-state index in [9.17, 15) is 9.59 Å². The molecule has 0 unspecified atom stereocenters. The summed E-state index contributed by atoms with van der Waals surface area (Å²) in [6, 6.07) is 8.85. The predicted octanol–water partition coefficient (Wildman–Crippen LogP) is 4.51. The standard InChI is InChI=1S/C25H26O7/c1-4-5-17-10-18-22(12-21(17)31-14-24(26)32-15(2)3)30-13-19(25(18)27)16-6-7-20-23(11-16)29-9-8-28-20/h6-7,10-13,15H,4-5,8-9,14H2,1-3H3. The predicted molar refractivity (Wildman–Crippen MR) is 120 cm³/mol. The van der Waals surface area contributed by atoms with Gasteiger partial charge < -0.3 is 23.4 Å². The molecule has 0 spiro atoms. The summed E-state index contributed by atoms with van der Waals surface area (Å²) in [6.45, 7) is 6.37. The van der Waals surface area contributed by atoms with Crippen molar-refractivity contribution in [2.75, 3.05) is 19.8 Å². The number of carbonyl (C=O) groups excluding carboxylic acids is 1. The maximum absolute atomic E-state index is 13.3. The number of aryl methyl sites for hydroxylation is 1. The van der Waals surface area contributed by atoms with Gasteiger partial charge in [-0.1, -0.05) is 19.4 Å². The smallest absolute Gasteiger partial charge is 0.344 e. The molecule has 0 N–H and O–H groups in total. The number of hydrogen-bond donors (Lipinski definition) is 0. The molecule has 1 aliphatic rings. The van der Waals surface area contributed by atoms with Crippen LogP contribution in [0, 0.1) is 0 Å². The number of fused-ring (bicyclic) bond motifs is 2. The lowest BCUT2D eigenvalue weighted by Gasteiger charge is -2.18. The van der Waals surface area contributed by atoms with E-state index < -0.39 is 5.97 Å². The highest BCUT2D eigenvalue weighted by atomic mass is 16.6. The van der Waals surface area contributed by atoms with E-state index in [1.165, 1.54) is 6.26 Å². The van der Waals surface area contributed by atoms with Gasteiger partial charge in [-0.05, 0) is 49.6 Å². The Morgan fingerprint density at radius 3 is 2.62 bits per heavy atom. The first-order chi connectivity index (χ1) is 15.5. The Kier molecular flexibility index (Phi) is 6.35. The monoisotopic (exact) mass is 438 g/mol. The van der Waals surface area contributed by atoms with Crippen LogP contribution in [0.1, 0.15) is 32.8 Å². The van der Waals surface area contributed by atoms with Crippen molar-refractivity contribution in [2.24, 2.45) is 0 Å². The van der Waals surface area contributed by atoms with Crippen molar-refractivity contribution >= 4 is 16.9 Å². The van der Waals surface area contributed by atoms with Crippen LogP contribution in [-0.4, -0.2) is 31.9 Å². The topological polar surface area (TPSA) is 84.2 Å². The summed E-state index contributed by atoms with van der Waals surface area (Å²) in [6.07, 6.45) is 2.77. The molecule has 4 rings (SSSR count). The Morgan fingerprint density at radius 2 is 1.88 bits per heavy atom. The minimum absolute atomic E-state index is 0.147. The Labute approximate surface area is 185 Å². The first-order valence-electron chi connectivity index (χ1n) is 10.8. The van der Waals surface area contributed by atoms with Crippen molar-refractivity contribution in [1.82, 2.24) is 0 Å². The second-order valence-electron chi connectivity index (χ2n) is 7.87. The summed E-state index contributed by atoms with van der Waals surface area (Å²) in [5, 5.41) is 0.456. The van der Waals surface area contributed by atoms with Gasteiger partial charge in [-0.15, -0.1) is 0 Å². The first kappa shape index (κ1) is 21.7. The van der Waals surface area contributed by atoms with Gasteiger partial charge in [-0.25, -0.2) is 4.79 Å². The summed E-state index contributed by atoms with van der Waals surface area (Å²) >= 11 is 0. The SMILES string of the molecule is CCCc1cc2c(=O)c(-c3ccc4c(c3)OCCO4)coc2cc1OCC(=O)OC(C)C. The van der Waals surface area contributed by atoms with E-state index in [2.05, 4.69) is 0 Å². The molecular formula is C25H26O7. The molecule has 0 atom stereocenters. The molecule has 2 aromatic carbocycles. The summed E-state index contributed by atoms with van der Waals surface area (Å²) in [5.74, 6) is 1.33. The number of carbonyl (C=O) groups is 1. The molecule has 0 saturated carbocycles. The third-order valence-corrected chi connectivity index (χ3v) is 5.04. The summed E-state index contributed by atoms with van der Waals surface area (Å²) in [4.78, 5) is 25.2. The lowest BCUT2D eigenvalue weighted by Crippen LogP contribution is -2.19. The third kappa shape index (κ3) is 4.56. The fourth-order valence-corrected chi connectivity index (χ4v) is 3.64. The van der Waals surface area contributed by atoms with Gasteiger partial charge in [0.05, 0.1) is 17.1 Å². The summed E-state index contributed by atoms with van der Waals surface area (Å²) < 4.78 is 27.8. The molecule has 0 saturated heterocycles. The molecule has 7 heteroatoms. The van der Waals surface area contributed by atoms with E-state index >= 15 is 0 Å². The fraction of sp³-hybridized carbons (Fsp3) is 0.360. The largest absolute Gasteiger partial charge is 0.486 e. The van der Waals surface area contributed by atoms with E-state index in [-0.39, 0.29) is 18.1 Å². The van der Waals surface area contributed by atoms with E-state index in [1.807, 2.05) is 13.0 Å². The molecular weight excluding hydrogens is 412 g/mol. The van der Waals surface area contributed by atoms with Crippen LogP contribution in [0.5, 0.6) is 17.2 Å². The van der Waals surface area contributed by atoms with Crippen LogP contribution in [0.4, 0.5) is 0 Å². The van der Waals surface area contributed by atoms with Crippen molar-refractivity contribution in [3.63, 3.8) is 0 Å². The van der Waals surface area contributed by atoms with Crippen molar-refractivity contribution < 1.29 is 28.2 Å². The van der Waals surface area contributed by atoms with Crippen LogP contribution in [0.15, 0.2) is 45.8 Å². The van der Waals surface area contributed by atoms with Gasteiger partial charge in [0.2, 0.25) is 5.43 Å². The van der Waals surface area contributed by atoms with Crippen LogP contribution in [-0.2, 0) is 16.0 Å². The molecule has 1 aromatic heterocycles.